The molecule has 0 aliphatic rings. The van der Waals surface area contributed by atoms with E-state index in [1.54, 1.807) is 7.11 Å². The van der Waals surface area contributed by atoms with E-state index in [2.05, 4.69) is 11.8 Å². The smallest absolute Gasteiger partial charge is 0.0462 e. The Balaban J connectivity index is 0. The lowest BCUT2D eigenvalue weighted by atomic mass is 10.2. The summed E-state index contributed by atoms with van der Waals surface area (Å²) in [6.07, 6.45) is 18.3. The number of methoxy groups -OCH3 is 1. The van der Waals surface area contributed by atoms with Crippen molar-refractivity contribution in [1.82, 2.24) is 0 Å². The molecule has 2 nitrogen and oxygen atoms in total. The van der Waals surface area contributed by atoms with Crippen molar-refractivity contribution < 1.29 is 9.84 Å². The highest BCUT2D eigenvalue weighted by atomic mass is 16.5. The minimum absolute atomic E-state index is 0.296. The summed E-state index contributed by atoms with van der Waals surface area (Å²) >= 11 is 0. The molecular formula is C15H26O2. The first-order chi connectivity index (χ1) is 8.33. The summed E-state index contributed by atoms with van der Waals surface area (Å²) in [6.45, 7) is 1.16. The molecule has 1 N–H and O–H groups in total. The molecule has 0 unspecified atom stereocenters. The summed E-state index contributed by atoms with van der Waals surface area (Å²) in [7, 11) is 1.72. The lowest BCUT2D eigenvalue weighted by Gasteiger charge is -1.95. The molecule has 0 rings (SSSR count). The minimum atomic E-state index is 0.296. The van der Waals surface area contributed by atoms with Gasteiger partial charge in [0.05, 0.1) is 0 Å². The summed E-state index contributed by atoms with van der Waals surface area (Å²) < 4.78 is 4.87. The molecular weight excluding hydrogens is 212 g/mol. The van der Waals surface area contributed by atoms with E-state index in [1.165, 1.54) is 6.42 Å². The number of terminal acetylenes is 2. The number of rotatable bonds is 9. The third-order valence-electron chi connectivity index (χ3n) is 2.15. The highest BCUT2D eigenvalue weighted by molar-refractivity contribution is 4.83. The Morgan fingerprint density at radius 2 is 1.41 bits per heavy atom. The molecule has 0 atom stereocenters. The van der Waals surface area contributed by atoms with Crippen LogP contribution < -0.4 is 0 Å². The molecule has 0 fully saturated rings. The van der Waals surface area contributed by atoms with Gasteiger partial charge in [-0.25, -0.2) is 0 Å². The van der Waals surface area contributed by atoms with Gasteiger partial charge in [0.25, 0.3) is 0 Å². The van der Waals surface area contributed by atoms with E-state index in [9.17, 15) is 0 Å². The molecule has 0 amide bonds. The van der Waals surface area contributed by atoms with Crippen molar-refractivity contribution in [2.45, 2.75) is 51.4 Å². The van der Waals surface area contributed by atoms with Crippen LogP contribution >= 0.6 is 0 Å². The molecule has 0 aliphatic heterocycles. The van der Waals surface area contributed by atoms with Crippen molar-refractivity contribution in [3.63, 3.8) is 0 Å². The number of unbranched alkanes of at least 4 members (excludes halogenated alkanes) is 6. The molecule has 0 saturated carbocycles. The fraction of sp³-hybridized carbons (Fsp3) is 0.733. The topological polar surface area (TPSA) is 29.5 Å². The molecule has 0 heterocycles. The first kappa shape index (κ1) is 18.4. The second-order valence-electron chi connectivity index (χ2n) is 3.75. The molecule has 0 bridgehead atoms. The van der Waals surface area contributed by atoms with Gasteiger partial charge in [-0.1, -0.05) is 12.8 Å². The summed E-state index contributed by atoms with van der Waals surface area (Å²) in [5.41, 5.74) is 0. The summed E-state index contributed by atoms with van der Waals surface area (Å²) in [4.78, 5) is 0. The van der Waals surface area contributed by atoms with Gasteiger partial charge in [0, 0.05) is 33.2 Å². The zero-order valence-electron chi connectivity index (χ0n) is 11.1. The molecule has 98 valence electrons. The summed E-state index contributed by atoms with van der Waals surface area (Å²) in [6, 6.07) is 0. The first-order valence-corrected chi connectivity index (χ1v) is 6.30. The average Bonchev–Trinajstić information content (AvgIpc) is 2.36. The van der Waals surface area contributed by atoms with Crippen LogP contribution in [0.1, 0.15) is 51.4 Å². The monoisotopic (exact) mass is 238 g/mol. The Bertz CT molecular complexity index is 198. The molecule has 0 aliphatic carbocycles. The van der Waals surface area contributed by atoms with Crippen LogP contribution in [0.5, 0.6) is 0 Å². The van der Waals surface area contributed by atoms with E-state index in [1.807, 2.05) is 0 Å². The standard InChI is InChI=1S/C8H14O.C7H12O/c1-3-4-5-6-7-8-9-2;1-2-3-4-5-6-7-8/h1H,4-8H2,2H3;1,8H,3-7H2. The number of hydrogen-bond acceptors (Lipinski definition) is 2. The Hall–Kier alpha value is -0.960. The van der Waals surface area contributed by atoms with Gasteiger partial charge >= 0.3 is 0 Å². The molecule has 0 aromatic heterocycles. The molecule has 0 spiro atoms. The third-order valence-corrected chi connectivity index (χ3v) is 2.15. The van der Waals surface area contributed by atoms with Crippen molar-refractivity contribution >= 4 is 0 Å². The highest BCUT2D eigenvalue weighted by Crippen LogP contribution is 1.97. The number of aliphatic hydroxyl groups excluding tert-OH is 1. The molecule has 17 heavy (non-hydrogen) atoms. The predicted molar refractivity (Wildman–Crippen MR) is 73.6 cm³/mol. The van der Waals surface area contributed by atoms with E-state index in [4.69, 9.17) is 22.7 Å². The average molecular weight is 238 g/mol. The molecule has 0 aromatic carbocycles. The lowest BCUT2D eigenvalue weighted by molar-refractivity contribution is 0.192. The normalized spacial score (nSPS) is 8.71. The van der Waals surface area contributed by atoms with Crippen LogP contribution in [-0.2, 0) is 4.74 Å². The Kier molecular flexibility index (Phi) is 22.1. The van der Waals surface area contributed by atoms with Gasteiger partial charge in [-0.3, -0.25) is 0 Å². The van der Waals surface area contributed by atoms with Crippen molar-refractivity contribution in [3.05, 3.63) is 0 Å². The van der Waals surface area contributed by atoms with Crippen molar-refractivity contribution in [2.75, 3.05) is 20.3 Å². The van der Waals surface area contributed by atoms with Crippen molar-refractivity contribution in [2.24, 2.45) is 0 Å². The predicted octanol–water partition coefficient (Wildman–Crippen LogP) is 3.00. The fourth-order valence-corrected chi connectivity index (χ4v) is 1.17. The maximum atomic E-state index is 8.31. The zero-order valence-corrected chi connectivity index (χ0v) is 11.1. The largest absolute Gasteiger partial charge is 0.396 e. The SMILES string of the molecule is C#CCCCCCO.C#CCCCCCOC. The van der Waals surface area contributed by atoms with Gasteiger partial charge in [0.1, 0.15) is 0 Å². The van der Waals surface area contributed by atoms with Crippen LogP contribution in [0.2, 0.25) is 0 Å². The second kappa shape index (κ2) is 20.5. The van der Waals surface area contributed by atoms with Crippen LogP contribution in [0.3, 0.4) is 0 Å². The van der Waals surface area contributed by atoms with Gasteiger partial charge in [-0.2, -0.15) is 0 Å². The maximum absolute atomic E-state index is 8.31. The van der Waals surface area contributed by atoms with Crippen molar-refractivity contribution in [3.8, 4) is 24.7 Å². The van der Waals surface area contributed by atoms with Crippen LogP contribution in [0.4, 0.5) is 0 Å². The van der Waals surface area contributed by atoms with E-state index < -0.39 is 0 Å². The van der Waals surface area contributed by atoms with Crippen LogP contribution in [0.15, 0.2) is 0 Å². The maximum Gasteiger partial charge on any atom is 0.0462 e. The number of ether oxygens (including phenoxy) is 1. The van der Waals surface area contributed by atoms with E-state index in [-0.39, 0.29) is 0 Å². The van der Waals surface area contributed by atoms with E-state index >= 15 is 0 Å². The van der Waals surface area contributed by atoms with Gasteiger partial charge in [0.15, 0.2) is 0 Å². The first-order valence-electron chi connectivity index (χ1n) is 6.30. The molecule has 0 radical (unpaired) electrons. The molecule has 0 aromatic rings. The zero-order chi connectivity index (χ0) is 13.2. The lowest BCUT2D eigenvalue weighted by Crippen LogP contribution is -1.87. The van der Waals surface area contributed by atoms with Gasteiger partial charge in [-0.05, 0) is 25.7 Å². The minimum Gasteiger partial charge on any atom is -0.396 e. The Morgan fingerprint density at radius 3 is 1.82 bits per heavy atom. The Labute approximate surface area is 107 Å². The van der Waals surface area contributed by atoms with Gasteiger partial charge < -0.3 is 9.84 Å². The summed E-state index contributed by atoms with van der Waals surface area (Å²) in [5.74, 6) is 5.15. The highest BCUT2D eigenvalue weighted by Gasteiger charge is 1.84. The van der Waals surface area contributed by atoms with E-state index in [0.29, 0.717) is 6.61 Å². The van der Waals surface area contributed by atoms with Crippen LogP contribution in [-0.4, -0.2) is 25.4 Å². The van der Waals surface area contributed by atoms with Crippen molar-refractivity contribution in [1.29, 1.82) is 0 Å². The van der Waals surface area contributed by atoms with E-state index in [0.717, 1.165) is 51.6 Å². The molecule has 2 heteroatoms. The second-order valence-corrected chi connectivity index (χ2v) is 3.75. The number of hydrogen-bond donors (Lipinski definition) is 1. The summed E-state index contributed by atoms with van der Waals surface area (Å²) in [5, 5.41) is 8.31. The van der Waals surface area contributed by atoms with Gasteiger partial charge in [0.2, 0.25) is 0 Å². The fourth-order valence-electron chi connectivity index (χ4n) is 1.17. The van der Waals surface area contributed by atoms with Crippen LogP contribution in [0, 0.1) is 24.7 Å². The van der Waals surface area contributed by atoms with Crippen LogP contribution in [0.25, 0.3) is 0 Å². The quantitative estimate of drug-likeness (QED) is 0.494. The molecule has 0 saturated heterocycles. The third kappa shape index (κ3) is 25.4. The number of aliphatic hydroxyl groups is 1. The Morgan fingerprint density at radius 1 is 0.882 bits per heavy atom. The van der Waals surface area contributed by atoms with Gasteiger partial charge in [-0.15, -0.1) is 24.7 Å².